The second-order valence-electron chi connectivity index (χ2n) is 5.33. The van der Waals surface area contributed by atoms with Crippen molar-refractivity contribution in [2.24, 2.45) is 0 Å². The maximum absolute atomic E-state index is 12.7. The van der Waals surface area contributed by atoms with Crippen molar-refractivity contribution in [2.75, 3.05) is 7.11 Å². The van der Waals surface area contributed by atoms with Crippen LogP contribution < -0.4 is 10.1 Å². The van der Waals surface area contributed by atoms with Gasteiger partial charge >= 0.3 is 5.97 Å². The van der Waals surface area contributed by atoms with Crippen LogP contribution in [0.4, 0.5) is 0 Å². The van der Waals surface area contributed by atoms with Gasteiger partial charge in [0, 0.05) is 10.4 Å². The van der Waals surface area contributed by atoms with Crippen molar-refractivity contribution in [3.05, 3.63) is 76.4 Å². The molecule has 3 rings (SSSR count). The van der Waals surface area contributed by atoms with Gasteiger partial charge < -0.3 is 19.2 Å². The van der Waals surface area contributed by atoms with Crippen LogP contribution in [0.15, 0.2) is 64.6 Å². The topological polar surface area (TPSA) is 77.8 Å². The summed E-state index contributed by atoms with van der Waals surface area (Å²) in [5.41, 5.74) is 0.536. The van der Waals surface area contributed by atoms with Crippen LogP contribution in [0.2, 0.25) is 0 Å². The third-order valence-electron chi connectivity index (χ3n) is 3.62. The maximum atomic E-state index is 12.7. The van der Waals surface area contributed by atoms with Crippen LogP contribution in [0.1, 0.15) is 27.1 Å². The van der Waals surface area contributed by atoms with Crippen LogP contribution in [0.3, 0.4) is 0 Å². The van der Waals surface area contributed by atoms with E-state index >= 15 is 0 Å². The Hall–Kier alpha value is -3.06. The number of hydrogen-bond acceptors (Lipinski definition) is 6. The summed E-state index contributed by atoms with van der Waals surface area (Å²) >= 11 is 1.54. The summed E-state index contributed by atoms with van der Waals surface area (Å²) in [6, 6.07) is 13.7. The number of carbonyl (C=O) groups excluding carboxylic acids is 2. The first kappa shape index (κ1) is 17.8. The number of ether oxygens (including phenoxy) is 2. The fourth-order valence-corrected chi connectivity index (χ4v) is 2.94. The van der Waals surface area contributed by atoms with Gasteiger partial charge in [-0.25, -0.2) is 4.79 Å². The summed E-state index contributed by atoms with van der Waals surface area (Å²) in [5.74, 6) is -0.441. The fraction of sp³-hybridized carbons (Fsp3) is 0.158. The lowest BCUT2D eigenvalue weighted by Gasteiger charge is -2.17. The molecule has 26 heavy (non-hydrogen) atoms. The third kappa shape index (κ3) is 4.31. The lowest BCUT2D eigenvalue weighted by Crippen LogP contribution is -2.31. The highest BCUT2D eigenvalue weighted by molar-refractivity contribution is 7.09. The van der Waals surface area contributed by atoms with Crippen LogP contribution in [0.25, 0.3) is 0 Å². The van der Waals surface area contributed by atoms with Gasteiger partial charge in [-0.15, -0.1) is 11.3 Å². The SMILES string of the molecule is COc1ccc([C@@H](OC(=O)c2ccco2)C(=O)NCc2cccs2)cc1. The monoisotopic (exact) mass is 371 g/mol. The van der Waals surface area contributed by atoms with Crippen molar-refractivity contribution < 1.29 is 23.5 Å². The first-order valence-electron chi connectivity index (χ1n) is 7.86. The van der Waals surface area contributed by atoms with Crippen molar-refractivity contribution in [1.82, 2.24) is 5.32 Å². The number of thiophene rings is 1. The Labute approximate surface area is 154 Å². The summed E-state index contributed by atoms with van der Waals surface area (Å²) in [6.45, 7) is 0.363. The predicted molar refractivity (Wildman–Crippen MR) is 96.0 cm³/mol. The molecule has 3 aromatic rings. The molecule has 0 saturated carbocycles. The van der Waals surface area contributed by atoms with Crippen molar-refractivity contribution in [3.63, 3.8) is 0 Å². The quantitative estimate of drug-likeness (QED) is 0.643. The van der Waals surface area contributed by atoms with E-state index in [0.717, 1.165) is 4.88 Å². The van der Waals surface area contributed by atoms with Crippen molar-refractivity contribution in [3.8, 4) is 5.75 Å². The molecule has 0 aliphatic rings. The minimum Gasteiger partial charge on any atom is -0.497 e. The van der Waals surface area contributed by atoms with Gasteiger partial charge in [-0.05, 0) is 35.7 Å². The highest BCUT2D eigenvalue weighted by Crippen LogP contribution is 2.23. The number of esters is 1. The van der Waals surface area contributed by atoms with Crippen molar-refractivity contribution in [1.29, 1.82) is 0 Å². The molecule has 1 amide bonds. The van der Waals surface area contributed by atoms with E-state index in [2.05, 4.69) is 5.32 Å². The number of rotatable bonds is 7. The molecule has 6 nitrogen and oxygen atoms in total. The highest BCUT2D eigenvalue weighted by atomic mass is 32.1. The number of furan rings is 1. The Kier molecular flexibility index (Phi) is 5.70. The van der Waals surface area contributed by atoms with E-state index in [4.69, 9.17) is 13.9 Å². The molecule has 1 N–H and O–H groups in total. The number of hydrogen-bond donors (Lipinski definition) is 1. The van der Waals surface area contributed by atoms with Gasteiger partial charge in [0.25, 0.3) is 5.91 Å². The Morgan fingerprint density at radius 1 is 1.15 bits per heavy atom. The van der Waals surface area contributed by atoms with E-state index in [1.165, 1.54) is 23.7 Å². The molecule has 0 bridgehead atoms. The van der Waals surface area contributed by atoms with Crippen LogP contribution in [-0.2, 0) is 16.1 Å². The molecule has 0 unspecified atom stereocenters. The Bertz CT molecular complexity index is 841. The average molecular weight is 371 g/mol. The smallest absolute Gasteiger partial charge is 0.375 e. The lowest BCUT2D eigenvalue weighted by atomic mass is 10.1. The molecule has 0 aliphatic heterocycles. The molecule has 2 heterocycles. The lowest BCUT2D eigenvalue weighted by molar-refractivity contribution is -0.130. The van der Waals surface area contributed by atoms with E-state index in [1.807, 2.05) is 17.5 Å². The van der Waals surface area contributed by atoms with Crippen LogP contribution in [0, 0.1) is 0 Å². The molecular formula is C19H17NO5S. The number of carbonyl (C=O) groups is 2. The molecule has 0 fully saturated rings. The van der Waals surface area contributed by atoms with Crippen LogP contribution >= 0.6 is 11.3 Å². The molecule has 134 valence electrons. The molecule has 1 atom stereocenters. The summed E-state index contributed by atoms with van der Waals surface area (Å²) < 4.78 is 15.6. The minimum absolute atomic E-state index is 0.0366. The van der Waals surface area contributed by atoms with Gasteiger partial charge in [0.15, 0.2) is 0 Å². The van der Waals surface area contributed by atoms with Gasteiger partial charge in [-0.3, -0.25) is 4.79 Å². The zero-order chi connectivity index (χ0) is 18.4. The Balaban J connectivity index is 1.77. The molecule has 0 spiro atoms. The summed E-state index contributed by atoms with van der Waals surface area (Å²) in [7, 11) is 1.55. The van der Waals surface area contributed by atoms with Crippen molar-refractivity contribution in [2.45, 2.75) is 12.6 Å². The van der Waals surface area contributed by atoms with Crippen LogP contribution in [-0.4, -0.2) is 19.0 Å². The van der Waals surface area contributed by atoms with Gasteiger partial charge in [-0.2, -0.15) is 0 Å². The molecule has 2 aromatic heterocycles. The summed E-state index contributed by atoms with van der Waals surface area (Å²) in [6.07, 6.45) is 0.272. The third-order valence-corrected chi connectivity index (χ3v) is 4.50. The Morgan fingerprint density at radius 2 is 1.96 bits per heavy atom. The maximum Gasteiger partial charge on any atom is 0.375 e. The van der Waals surface area contributed by atoms with E-state index in [0.29, 0.717) is 17.9 Å². The van der Waals surface area contributed by atoms with Gasteiger partial charge in [-0.1, -0.05) is 18.2 Å². The van der Waals surface area contributed by atoms with Crippen LogP contribution in [0.5, 0.6) is 5.75 Å². The minimum atomic E-state index is -1.10. The average Bonchev–Trinajstić information content (AvgIpc) is 3.38. The molecule has 0 radical (unpaired) electrons. The fourth-order valence-electron chi connectivity index (χ4n) is 2.29. The van der Waals surface area contributed by atoms with E-state index < -0.39 is 18.0 Å². The van der Waals surface area contributed by atoms with Gasteiger partial charge in [0.05, 0.1) is 19.9 Å². The molecule has 0 saturated heterocycles. The molecule has 1 aromatic carbocycles. The molecule has 7 heteroatoms. The number of nitrogens with one attached hydrogen (secondary N) is 1. The predicted octanol–water partition coefficient (Wildman–Crippen LogP) is 3.56. The summed E-state index contributed by atoms with van der Waals surface area (Å²) in [4.78, 5) is 25.9. The van der Waals surface area contributed by atoms with Crippen molar-refractivity contribution >= 4 is 23.2 Å². The number of amides is 1. The van der Waals surface area contributed by atoms with Gasteiger partial charge in [0.2, 0.25) is 11.9 Å². The van der Waals surface area contributed by atoms with E-state index in [9.17, 15) is 9.59 Å². The van der Waals surface area contributed by atoms with Gasteiger partial charge in [0.1, 0.15) is 5.75 Å². The standard InChI is InChI=1S/C19H17NO5S/c1-23-14-8-6-13(7-9-14)17(25-19(22)16-5-2-10-24-16)18(21)20-12-15-4-3-11-26-15/h2-11,17H,12H2,1H3,(H,20,21)/t17-/m1/s1. The molecular weight excluding hydrogens is 354 g/mol. The number of methoxy groups -OCH3 is 1. The normalized spacial score (nSPS) is 11.6. The second kappa shape index (κ2) is 8.35. The number of benzene rings is 1. The zero-order valence-corrected chi connectivity index (χ0v) is 14.8. The zero-order valence-electron chi connectivity index (χ0n) is 14.0. The van der Waals surface area contributed by atoms with E-state index in [-0.39, 0.29) is 5.76 Å². The first-order chi connectivity index (χ1) is 12.7. The Morgan fingerprint density at radius 3 is 2.58 bits per heavy atom. The first-order valence-corrected chi connectivity index (χ1v) is 8.74. The summed E-state index contributed by atoms with van der Waals surface area (Å²) in [5, 5.41) is 4.73. The largest absolute Gasteiger partial charge is 0.497 e. The molecule has 0 aliphatic carbocycles. The highest BCUT2D eigenvalue weighted by Gasteiger charge is 2.26. The van der Waals surface area contributed by atoms with E-state index in [1.54, 1.807) is 37.4 Å². The second-order valence-corrected chi connectivity index (χ2v) is 6.37.